The standard InChI is InChI=1S/C13H20N6O/c1-5-19-7-6-15-11(19)8-10-16-12(14-4)18-13(17-10)20-9(2)3/h6-7,9H,5,8H2,1-4H3,(H,14,16,17,18). The highest BCUT2D eigenvalue weighted by atomic mass is 16.5. The first-order chi connectivity index (χ1) is 9.62. The number of imidazole rings is 1. The van der Waals surface area contributed by atoms with Crippen LogP contribution in [0.15, 0.2) is 12.4 Å². The second-order valence-electron chi connectivity index (χ2n) is 4.58. The van der Waals surface area contributed by atoms with Crippen molar-refractivity contribution in [3.8, 4) is 6.01 Å². The van der Waals surface area contributed by atoms with Gasteiger partial charge in [0.15, 0.2) is 0 Å². The lowest BCUT2D eigenvalue weighted by molar-refractivity contribution is 0.221. The van der Waals surface area contributed by atoms with E-state index in [0.717, 1.165) is 12.4 Å². The molecule has 0 aliphatic carbocycles. The van der Waals surface area contributed by atoms with Gasteiger partial charge in [0.1, 0.15) is 11.6 Å². The van der Waals surface area contributed by atoms with Gasteiger partial charge >= 0.3 is 6.01 Å². The van der Waals surface area contributed by atoms with E-state index >= 15 is 0 Å². The number of aryl methyl sites for hydroxylation is 1. The predicted octanol–water partition coefficient (Wildman–Crippen LogP) is 1.51. The van der Waals surface area contributed by atoms with Gasteiger partial charge in [0.05, 0.1) is 12.5 Å². The Balaban J connectivity index is 2.26. The lowest BCUT2D eigenvalue weighted by Crippen LogP contribution is -2.13. The van der Waals surface area contributed by atoms with Gasteiger partial charge in [0.2, 0.25) is 5.95 Å². The van der Waals surface area contributed by atoms with Gasteiger partial charge in [0, 0.05) is 26.0 Å². The van der Waals surface area contributed by atoms with Crippen LogP contribution in [0.25, 0.3) is 0 Å². The molecule has 0 aromatic carbocycles. The van der Waals surface area contributed by atoms with Gasteiger partial charge in [-0.1, -0.05) is 0 Å². The first-order valence-electron chi connectivity index (χ1n) is 6.71. The number of anilines is 1. The molecule has 20 heavy (non-hydrogen) atoms. The summed E-state index contributed by atoms with van der Waals surface area (Å²) in [6.45, 7) is 6.82. The molecule has 0 aliphatic rings. The molecule has 2 aromatic rings. The van der Waals surface area contributed by atoms with Crippen molar-refractivity contribution in [2.45, 2.75) is 39.8 Å². The van der Waals surface area contributed by atoms with Crippen molar-refractivity contribution in [3.63, 3.8) is 0 Å². The molecule has 2 aromatic heterocycles. The molecule has 0 aliphatic heterocycles. The van der Waals surface area contributed by atoms with Crippen molar-refractivity contribution in [1.82, 2.24) is 24.5 Å². The second kappa shape index (κ2) is 6.31. The summed E-state index contributed by atoms with van der Waals surface area (Å²) in [5, 5.41) is 2.92. The lowest BCUT2D eigenvalue weighted by Gasteiger charge is -2.10. The molecule has 2 rings (SSSR count). The molecule has 7 heteroatoms. The van der Waals surface area contributed by atoms with Gasteiger partial charge in [-0.05, 0) is 20.8 Å². The highest BCUT2D eigenvalue weighted by molar-refractivity contribution is 5.25. The first-order valence-corrected chi connectivity index (χ1v) is 6.71. The van der Waals surface area contributed by atoms with Crippen molar-refractivity contribution in [2.24, 2.45) is 0 Å². The normalized spacial score (nSPS) is 10.8. The molecular weight excluding hydrogens is 256 g/mol. The van der Waals surface area contributed by atoms with Gasteiger partial charge in [0.25, 0.3) is 0 Å². The van der Waals surface area contributed by atoms with Gasteiger partial charge in [-0.3, -0.25) is 0 Å². The molecular formula is C13H20N6O. The third kappa shape index (κ3) is 3.43. The Morgan fingerprint density at radius 1 is 1.30 bits per heavy atom. The quantitative estimate of drug-likeness (QED) is 0.861. The molecule has 1 N–H and O–H groups in total. The van der Waals surface area contributed by atoms with E-state index in [9.17, 15) is 0 Å². The second-order valence-corrected chi connectivity index (χ2v) is 4.58. The summed E-state index contributed by atoms with van der Waals surface area (Å²) >= 11 is 0. The Kier molecular flexibility index (Phi) is 4.49. The minimum absolute atomic E-state index is 0.0209. The van der Waals surface area contributed by atoms with Crippen LogP contribution in [0.5, 0.6) is 6.01 Å². The van der Waals surface area contributed by atoms with Crippen LogP contribution in [0, 0.1) is 0 Å². The summed E-state index contributed by atoms with van der Waals surface area (Å²) < 4.78 is 7.60. The smallest absolute Gasteiger partial charge is 0.321 e. The zero-order chi connectivity index (χ0) is 14.5. The molecule has 7 nitrogen and oxygen atoms in total. The van der Waals surface area contributed by atoms with Crippen molar-refractivity contribution in [1.29, 1.82) is 0 Å². The minimum atomic E-state index is 0.0209. The van der Waals surface area contributed by atoms with E-state index < -0.39 is 0 Å². The molecule has 0 spiro atoms. The van der Waals surface area contributed by atoms with Crippen LogP contribution in [0.4, 0.5) is 5.95 Å². The molecule has 0 saturated carbocycles. The number of ether oxygens (including phenoxy) is 1. The Morgan fingerprint density at radius 2 is 2.10 bits per heavy atom. The monoisotopic (exact) mass is 276 g/mol. The maximum Gasteiger partial charge on any atom is 0.321 e. The summed E-state index contributed by atoms with van der Waals surface area (Å²) in [5.41, 5.74) is 0. The van der Waals surface area contributed by atoms with E-state index in [-0.39, 0.29) is 6.10 Å². The molecule has 0 atom stereocenters. The molecule has 0 radical (unpaired) electrons. The molecule has 0 amide bonds. The molecule has 0 saturated heterocycles. The van der Waals surface area contributed by atoms with Crippen LogP contribution in [0.3, 0.4) is 0 Å². The Morgan fingerprint density at radius 3 is 2.75 bits per heavy atom. The number of hydrogen-bond donors (Lipinski definition) is 1. The Bertz CT molecular complexity index is 566. The number of rotatable bonds is 6. The summed E-state index contributed by atoms with van der Waals surface area (Å²) in [4.78, 5) is 17.2. The molecule has 2 heterocycles. The number of hydrogen-bond acceptors (Lipinski definition) is 6. The van der Waals surface area contributed by atoms with E-state index in [4.69, 9.17) is 4.74 Å². The van der Waals surface area contributed by atoms with Crippen LogP contribution < -0.4 is 10.1 Å². The predicted molar refractivity (Wildman–Crippen MR) is 75.8 cm³/mol. The Hall–Kier alpha value is -2.18. The van der Waals surface area contributed by atoms with Crippen molar-refractivity contribution in [3.05, 3.63) is 24.0 Å². The van der Waals surface area contributed by atoms with E-state index in [1.54, 1.807) is 13.2 Å². The average molecular weight is 276 g/mol. The van der Waals surface area contributed by atoms with E-state index in [0.29, 0.717) is 24.2 Å². The van der Waals surface area contributed by atoms with Gasteiger partial charge in [-0.2, -0.15) is 15.0 Å². The number of nitrogens with one attached hydrogen (secondary N) is 1. The highest BCUT2D eigenvalue weighted by Gasteiger charge is 2.11. The largest absolute Gasteiger partial charge is 0.461 e. The van der Waals surface area contributed by atoms with E-state index in [2.05, 4.69) is 36.7 Å². The summed E-state index contributed by atoms with van der Waals surface area (Å²) in [7, 11) is 1.77. The molecule has 108 valence electrons. The van der Waals surface area contributed by atoms with Crippen molar-refractivity contribution >= 4 is 5.95 Å². The molecule has 0 bridgehead atoms. The fraction of sp³-hybridized carbons (Fsp3) is 0.538. The van der Waals surface area contributed by atoms with Crippen molar-refractivity contribution < 1.29 is 4.74 Å². The Labute approximate surface area is 118 Å². The third-order valence-corrected chi connectivity index (χ3v) is 2.68. The lowest BCUT2D eigenvalue weighted by atomic mass is 10.3. The van der Waals surface area contributed by atoms with E-state index in [1.807, 2.05) is 20.0 Å². The number of aromatic nitrogens is 5. The van der Waals surface area contributed by atoms with E-state index in [1.165, 1.54) is 0 Å². The molecule has 0 unspecified atom stereocenters. The van der Waals surface area contributed by atoms with Crippen LogP contribution in [-0.4, -0.2) is 37.7 Å². The summed E-state index contributed by atoms with van der Waals surface area (Å²) in [6, 6.07) is 0.337. The van der Waals surface area contributed by atoms with Gasteiger partial charge in [-0.25, -0.2) is 4.98 Å². The van der Waals surface area contributed by atoms with Gasteiger partial charge in [-0.15, -0.1) is 0 Å². The zero-order valence-electron chi connectivity index (χ0n) is 12.3. The van der Waals surface area contributed by atoms with Crippen LogP contribution in [0.1, 0.15) is 32.4 Å². The fourth-order valence-corrected chi connectivity index (χ4v) is 1.79. The van der Waals surface area contributed by atoms with Crippen LogP contribution in [0.2, 0.25) is 0 Å². The van der Waals surface area contributed by atoms with Crippen LogP contribution >= 0.6 is 0 Å². The maximum atomic E-state index is 5.54. The minimum Gasteiger partial charge on any atom is -0.461 e. The topological polar surface area (TPSA) is 77.8 Å². The summed E-state index contributed by atoms with van der Waals surface area (Å²) in [6.07, 6.45) is 4.30. The molecule has 0 fully saturated rings. The fourth-order valence-electron chi connectivity index (χ4n) is 1.79. The number of nitrogens with zero attached hydrogens (tertiary/aromatic N) is 5. The van der Waals surface area contributed by atoms with Crippen LogP contribution in [-0.2, 0) is 13.0 Å². The maximum absolute atomic E-state index is 5.54. The van der Waals surface area contributed by atoms with Crippen molar-refractivity contribution in [2.75, 3.05) is 12.4 Å². The highest BCUT2D eigenvalue weighted by Crippen LogP contribution is 2.12. The van der Waals surface area contributed by atoms with Gasteiger partial charge < -0.3 is 14.6 Å². The average Bonchev–Trinajstić information content (AvgIpc) is 2.84. The third-order valence-electron chi connectivity index (χ3n) is 2.68. The summed E-state index contributed by atoms with van der Waals surface area (Å²) in [5.74, 6) is 2.07. The zero-order valence-corrected chi connectivity index (χ0v) is 12.3. The SMILES string of the molecule is CCn1ccnc1Cc1nc(NC)nc(OC(C)C)n1. The first kappa shape index (κ1) is 14.2.